The summed E-state index contributed by atoms with van der Waals surface area (Å²) in [5.74, 6) is -0.0827. The third-order valence-electron chi connectivity index (χ3n) is 3.42. The summed E-state index contributed by atoms with van der Waals surface area (Å²) in [5.41, 5.74) is -0.0683. The molecule has 0 bridgehead atoms. The highest BCUT2D eigenvalue weighted by molar-refractivity contribution is 7.89. The first-order valence-corrected chi connectivity index (χ1v) is 7.91. The van der Waals surface area contributed by atoms with Gasteiger partial charge < -0.3 is 4.74 Å². The SMILES string of the molecule is CC(=O)c1ccc(S(=O)(=O)N2CCOCC2(C)C)cc1. The number of ketones is 1. The van der Waals surface area contributed by atoms with Crippen molar-refractivity contribution >= 4 is 15.8 Å². The maximum atomic E-state index is 12.7. The van der Waals surface area contributed by atoms with Crippen LogP contribution in [-0.2, 0) is 14.8 Å². The first-order valence-electron chi connectivity index (χ1n) is 6.47. The van der Waals surface area contributed by atoms with Crippen molar-refractivity contribution in [3.8, 4) is 0 Å². The quantitative estimate of drug-likeness (QED) is 0.796. The molecule has 20 heavy (non-hydrogen) atoms. The van der Waals surface area contributed by atoms with Gasteiger partial charge in [0.2, 0.25) is 10.0 Å². The third kappa shape index (κ3) is 2.77. The Morgan fingerprint density at radius 2 is 1.85 bits per heavy atom. The lowest BCUT2D eigenvalue weighted by molar-refractivity contribution is -0.00770. The van der Waals surface area contributed by atoms with E-state index in [1.54, 1.807) is 12.1 Å². The van der Waals surface area contributed by atoms with E-state index in [-0.39, 0.29) is 10.7 Å². The molecule has 1 aromatic rings. The minimum Gasteiger partial charge on any atom is -0.378 e. The Balaban J connectivity index is 2.36. The lowest BCUT2D eigenvalue weighted by Crippen LogP contribution is -2.55. The summed E-state index contributed by atoms with van der Waals surface area (Å²) < 4.78 is 32.1. The van der Waals surface area contributed by atoms with Gasteiger partial charge in [0, 0.05) is 12.1 Å². The molecular weight excluding hydrogens is 278 g/mol. The number of carbonyl (C=O) groups is 1. The van der Waals surface area contributed by atoms with Gasteiger partial charge in [-0.3, -0.25) is 4.79 Å². The normalized spacial score (nSPS) is 19.8. The van der Waals surface area contributed by atoms with Crippen LogP contribution in [0.25, 0.3) is 0 Å². The van der Waals surface area contributed by atoms with E-state index in [1.807, 2.05) is 13.8 Å². The molecule has 0 atom stereocenters. The zero-order chi connectivity index (χ0) is 15.0. The summed E-state index contributed by atoms with van der Waals surface area (Å²) in [6.07, 6.45) is 0. The van der Waals surface area contributed by atoms with Crippen molar-refractivity contribution in [1.82, 2.24) is 4.31 Å². The standard InChI is InChI=1S/C14H19NO4S/c1-11(16)12-4-6-13(7-5-12)20(17,18)15-8-9-19-10-14(15,2)3/h4-7H,8-10H2,1-3H3. The number of nitrogens with zero attached hydrogens (tertiary/aromatic N) is 1. The number of hydrogen-bond donors (Lipinski definition) is 0. The Morgan fingerprint density at radius 3 is 2.35 bits per heavy atom. The van der Waals surface area contributed by atoms with Crippen molar-refractivity contribution in [3.05, 3.63) is 29.8 Å². The number of benzene rings is 1. The third-order valence-corrected chi connectivity index (χ3v) is 5.54. The molecule has 1 aliphatic rings. The first-order chi connectivity index (χ1) is 9.25. The van der Waals surface area contributed by atoms with Crippen LogP contribution < -0.4 is 0 Å². The number of rotatable bonds is 3. The Labute approximate surface area is 119 Å². The number of carbonyl (C=O) groups excluding carboxylic acids is 1. The van der Waals surface area contributed by atoms with Gasteiger partial charge in [-0.25, -0.2) is 8.42 Å². The Morgan fingerprint density at radius 1 is 1.25 bits per heavy atom. The summed E-state index contributed by atoms with van der Waals surface area (Å²) in [4.78, 5) is 11.4. The van der Waals surface area contributed by atoms with Gasteiger partial charge in [0.25, 0.3) is 0 Å². The molecule has 1 fully saturated rings. The molecule has 0 N–H and O–H groups in total. The van der Waals surface area contributed by atoms with Gasteiger partial charge in [-0.15, -0.1) is 0 Å². The predicted molar refractivity (Wildman–Crippen MR) is 75.2 cm³/mol. The minimum absolute atomic E-state index is 0.0827. The van der Waals surface area contributed by atoms with Gasteiger partial charge in [0.1, 0.15) is 0 Å². The van der Waals surface area contributed by atoms with Crippen molar-refractivity contribution in [1.29, 1.82) is 0 Å². The van der Waals surface area contributed by atoms with E-state index < -0.39 is 15.6 Å². The molecule has 0 spiro atoms. The van der Waals surface area contributed by atoms with Gasteiger partial charge in [0.15, 0.2) is 5.78 Å². The molecule has 1 aromatic carbocycles. The van der Waals surface area contributed by atoms with Crippen molar-refractivity contribution in [2.75, 3.05) is 19.8 Å². The van der Waals surface area contributed by atoms with E-state index in [2.05, 4.69) is 0 Å². The fourth-order valence-corrected chi connectivity index (χ4v) is 4.03. The van der Waals surface area contributed by atoms with Crippen LogP contribution in [0, 0.1) is 0 Å². The van der Waals surface area contributed by atoms with E-state index in [4.69, 9.17) is 4.74 Å². The molecule has 0 aliphatic carbocycles. The summed E-state index contributed by atoms with van der Waals surface area (Å²) in [6, 6.07) is 6.06. The molecular formula is C14H19NO4S. The number of hydrogen-bond acceptors (Lipinski definition) is 4. The van der Waals surface area contributed by atoms with E-state index in [1.165, 1.54) is 23.4 Å². The van der Waals surface area contributed by atoms with E-state index in [9.17, 15) is 13.2 Å². The topological polar surface area (TPSA) is 63.7 Å². The second-order valence-electron chi connectivity index (χ2n) is 5.52. The van der Waals surface area contributed by atoms with E-state index in [0.717, 1.165) is 0 Å². The second kappa shape index (κ2) is 5.27. The molecule has 6 heteroatoms. The van der Waals surface area contributed by atoms with Crippen molar-refractivity contribution in [2.45, 2.75) is 31.2 Å². The van der Waals surface area contributed by atoms with E-state index >= 15 is 0 Å². The summed E-state index contributed by atoms with van der Waals surface area (Å²) in [6.45, 7) is 6.24. The smallest absolute Gasteiger partial charge is 0.243 e. The molecule has 2 rings (SSSR count). The van der Waals surface area contributed by atoms with Gasteiger partial charge in [-0.1, -0.05) is 12.1 Å². The highest BCUT2D eigenvalue weighted by Crippen LogP contribution is 2.27. The van der Waals surface area contributed by atoms with Crippen LogP contribution in [0.4, 0.5) is 0 Å². The number of morpholine rings is 1. The van der Waals surface area contributed by atoms with Crippen LogP contribution in [0.2, 0.25) is 0 Å². The molecule has 1 saturated heterocycles. The van der Waals surface area contributed by atoms with Crippen LogP contribution >= 0.6 is 0 Å². The van der Waals surface area contributed by atoms with E-state index in [0.29, 0.717) is 25.3 Å². The first kappa shape index (κ1) is 15.2. The largest absolute Gasteiger partial charge is 0.378 e. The van der Waals surface area contributed by atoms with Gasteiger partial charge in [-0.05, 0) is 32.9 Å². The maximum Gasteiger partial charge on any atom is 0.243 e. The highest BCUT2D eigenvalue weighted by atomic mass is 32.2. The lowest BCUT2D eigenvalue weighted by Gasteiger charge is -2.40. The van der Waals surface area contributed by atoms with Crippen LogP contribution in [0.15, 0.2) is 29.2 Å². The zero-order valence-corrected chi connectivity index (χ0v) is 12.7. The van der Waals surface area contributed by atoms with Crippen LogP contribution in [0.3, 0.4) is 0 Å². The molecule has 0 radical (unpaired) electrons. The van der Waals surface area contributed by atoms with Gasteiger partial charge in [0.05, 0.1) is 23.6 Å². The molecule has 0 saturated carbocycles. The molecule has 1 heterocycles. The van der Waals surface area contributed by atoms with Gasteiger partial charge in [-0.2, -0.15) is 4.31 Å². The highest BCUT2D eigenvalue weighted by Gasteiger charge is 2.39. The fraction of sp³-hybridized carbons (Fsp3) is 0.500. The van der Waals surface area contributed by atoms with Crippen LogP contribution in [0.5, 0.6) is 0 Å². The van der Waals surface area contributed by atoms with Crippen molar-refractivity contribution < 1.29 is 17.9 Å². The fourth-order valence-electron chi connectivity index (χ4n) is 2.28. The Kier molecular flexibility index (Phi) is 4.00. The minimum atomic E-state index is -3.57. The van der Waals surface area contributed by atoms with Crippen LogP contribution in [0.1, 0.15) is 31.1 Å². The summed E-state index contributed by atoms with van der Waals surface area (Å²) in [5, 5.41) is 0. The molecule has 0 aromatic heterocycles. The number of ether oxygens (including phenoxy) is 1. The predicted octanol–water partition coefficient (Wildman–Crippen LogP) is 1.69. The molecule has 110 valence electrons. The Hall–Kier alpha value is -1.24. The van der Waals surface area contributed by atoms with Crippen molar-refractivity contribution in [2.24, 2.45) is 0 Å². The second-order valence-corrected chi connectivity index (χ2v) is 7.39. The van der Waals surface area contributed by atoms with Crippen LogP contribution in [-0.4, -0.2) is 43.8 Å². The average Bonchev–Trinajstić information content (AvgIpc) is 2.38. The lowest BCUT2D eigenvalue weighted by atomic mass is 10.1. The summed E-state index contributed by atoms with van der Waals surface area (Å²) in [7, 11) is -3.57. The molecule has 0 unspecified atom stereocenters. The summed E-state index contributed by atoms with van der Waals surface area (Å²) >= 11 is 0. The molecule has 5 nitrogen and oxygen atoms in total. The molecule has 1 aliphatic heterocycles. The number of Topliss-reactive ketones (excluding diaryl/α,β-unsaturated/α-hetero) is 1. The molecule has 0 amide bonds. The Bertz CT molecular complexity index is 605. The van der Waals surface area contributed by atoms with Crippen molar-refractivity contribution in [3.63, 3.8) is 0 Å². The maximum absolute atomic E-state index is 12.7. The average molecular weight is 297 g/mol. The zero-order valence-electron chi connectivity index (χ0n) is 11.9. The monoisotopic (exact) mass is 297 g/mol. The number of sulfonamides is 1. The van der Waals surface area contributed by atoms with Gasteiger partial charge >= 0.3 is 0 Å².